The summed E-state index contributed by atoms with van der Waals surface area (Å²) in [7, 11) is 0. The zero-order valence-electron chi connectivity index (χ0n) is 9.13. The summed E-state index contributed by atoms with van der Waals surface area (Å²) >= 11 is 0. The number of hydrogen-bond acceptors (Lipinski definition) is 2. The van der Waals surface area contributed by atoms with E-state index in [1.165, 1.54) is 6.07 Å². The number of halogens is 1. The number of H-pyrrole nitrogens is 1. The molecular weight excluding hydrogens is 205 g/mol. The molecule has 84 valence electrons. The van der Waals surface area contributed by atoms with Crippen molar-refractivity contribution in [3.05, 3.63) is 29.8 Å². The third-order valence-electron chi connectivity index (χ3n) is 3.35. The Morgan fingerprint density at radius 1 is 1.38 bits per heavy atom. The lowest BCUT2D eigenvalue weighted by molar-refractivity contribution is 0.551. The highest BCUT2D eigenvalue weighted by Gasteiger charge is 2.27. The van der Waals surface area contributed by atoms with Crippen molar-refractivity contribution in [2.24, 2.45) is 5.92 Å². The summed E-state index contributed by atoms with van der Waals surface area (Å²) in [6.07, 6.45) is 0. The fourth-order valence-electron chi connectivity index (χ4n) is 2.37. The van der Waals surface area contributed by atoms with Gasteiger partial charge in [0.1, 0.15) is 11.3 Å². The molecular formula is C12H14FN3. The molecule has 0 aliphatic carbocycles. The Balaban J connectivity index is 2.08. The molecule has 1 aliphatic heterocycles. The standard InChI is InChI=1S/C12H14FN3/c1-7-5-14-6-8(7)12-15-10-4-2-3-9(13)11(10)16-12/h2-4,7-8,14H,5-6H2,1H3,(H,15,16). The highest BCUT2D eigenvalue weighted by Crippen LogP contribution is 2.27. The van der Waals surface area contributed by atoms with Gasteiger partial charge in [-0.2, -0.15) is 0 Å². The van der Waals surface area contributed by atoms with Crippen LogP contribution in [0.1, 0.15) is 18.7 Å². The first kappa shape index (κ1) is 9.78. The third kappa shape index (κ3) is 1.41. The van der Waals surface area contributed by atoms with Crippen LogP contribution in [0.15, 0.2) is 18.2 Å². The lowest BCUT2D eigenvalue weighted by Gasteiger charge is -2.09. The Hall–Kier alpha value is -1.42. The van der Waals surface area contributed by atoms with Crippen molar-refractivity contribution in [3.63, 3.8) is 0 Å². The van der Waals surface area contributed by atoms with Crippen LogP contribution in [-0.4, -0.2) is 23.1 Å². The molecule has 4 heteroatoms. The third-order valence-corrected chi connectivity index (χ3v) is 3.35. The van der Waals surface area contributed by atoms with Gasteiger partial charge < -0.3 is 10.3 Å². The fourth-order valence-corrected chi connectivity index (χ4v) is 2.37. The molecule has 0 saturated carbocycles. The summed E-state index contributed by atoms with van der Waals surface area (Å²) < 4.78 is 13.5. The van der Waals surface area contributed by atoms with Crippen molar-refractivity contribution in [1.29, 1.82) is 0 Å². The number of benzene rings is 1. The van der Waals surface area contributed by atoms with Crippen LogP contribution in [0.2, 0.25) is 0 Å². The van der Waals surface area contributed by atoms with Gasteiger partial charge in [-0.3, -0.25) is 0 Å². The number of nitrogens with one attached hydrogen (secondary N) is 2. The number of hydrogen-bond donors (Lipinski definition) is 2. The largest absolute Gasteiger partial charge is 0.342 e. The maximum absolute atomic E-state index is 13.5. The molecule has 0 spiro atoms. The molecule has 1 saturated heterocycles. The average molecular weight is 219 g/mol. The minimum Gasteiger partial charge on any atom is -0.342 e. The van der Waals surface area contributed by atoms with E-state index in [0.29, 0.717) is 17.4 Å². The van der Waals surface area contributed by atoms with Crippen LogP contribution in [0.4, 0.5) is 4.39 Å². The van der Waals surface area contributed by atoms with Gasteiger partial charge >= 0.3 is 0 Å². The number of aromatic nitrogens is 2. The molecule has 2 unspecified atom stereocenters. The first-order valence-electron chi connectivity index (χ1n) is 5.60. The van der Waals surface area contributed by atoms with Gasteiger partial charge in [0.25, 0.3) is 0 Å². The van der Waals surface area contributed by atoms with Crippen LogP contribution in [0.3, 0.4) is 0 Å². The molecule has 1 aliphatic rings. The Labute approximate surface area is 93.1 Å². The summed E-state index contributed by atoms with van der Waals surface area (Å²) in [4.78, 5) is 7.59. The van der Waals surface area contributed by atoms with Gasteiger partial charge in [0, 0.05) is 12.5 Å². The Morgan fingerprint density at radius 2 is 2.25 bits per heavy atom. The van der Waals surface area contributed by atoms with Crippen LogP contribution in [0.5, 0.6) is 0 Å². The second kappa shape index (κ2) is 3.56. The van der Waals surface area contributed by atoms with Gasteiger partial charge in [-0.1, -0.05) is 13.0 Å². The number of fused-ring (bicyclic) bond motifs is 1. The van der Waals surface area contributed by atoms with Crippen LogP contribution < -0.4 is 5.32 Å². The normalized spacial score (nSPS) is 25.4. The van der Waals surface area contributed by atoms with E-state index >= 15 is 0 Å². The molecule has 0 bridgehead atoms. The van der Waals surface area contributed by atoms with Gasteiger partial charge in [0.2, 0.25) is 0 Å². The second-order valence-corrected chi connectivity index (χ2v) is 4.50. The van der Waals surface area contributed by atoms with E-state index in [0.717, 1.165) is 24.4 Å². The van der Waals surface area contributed by atoms with E-state index in [1.807, 2.05) is 6.07 Å². The minimum absolute atomic E-state index is 0.251. The smallest absolute Gasteiger partial charge is 0.151 e. The summed E-state index contributed by atoms with van der Waals surface area (Å²) in [6.45, 7) is 4.11. The van der Waals surface area contributed by atoms with E-state index in [-0.39, 0.29) is 5.82 Å². The molecule has 1 aromatic heterocycles. The molecule has 2 atom stereocenters. The average Bonchev–Trinajstić information content (AvgIpc) is 2.84. The summed E-state index contributed by atoms with van der Waals surface area (Å²) in [6, 6.07) is 5.02. The zero-order chi connectivity index (χ0) is 11.1. The molecule has 0 amide bonds. The van der Waals surface area contributed by atoms with Crippen molar-refractivity contribution in [3.8, 4) is 0 Å². The van der Waals surface area contributed by atoms with Crippen molar-refractivity contribution in [1.82, 2.24) is 15.3 Å². The number of nitrogens with zero attached hydrogens (tertiary/aromatic N) is 1. The van der Waals surface area contributed by atoms with Crippen LogP contribution >= 0.6 is 0 Å². The van der Waals surface area contributed by atoms with Crippen LogP contribution in [0, 0.1) is 11.7 Å². The summed E-state index contributed by atoms with van der Waals surface area (Å²) in [5.74, 6) is 1.56. The molecule has 3 rings (SSSR count). The highest BCUT2D eigenvalue weighted by molar-refractivity contribution is 5.75. The van der Waals surface area contributed by atoms with Gasteiger partial charge in [-0.25, -0.2) is 9.37 Å². The quantitative estimate of drug-likeness (QED) is 0.770. The van der Waals surface area contributed by atoms with E-state index in [1.54, 1.807) is 6.07 Å². The number of imidazole rings is 1. The van der Waals surface area contributed by atoms with Gasteiger partial charge in [-0.15, -0.1) is 0 Å². The van der Waals surface area contributed by atoms with Gasteiger partial charge in [0.05, 0.1) is 5.52 Å². The Bertz CT molecular complexity index is 520. The molecule has 1 aromatic carbocycles. The molecule has 2 heterocycles. The lowest BCUT2D eigenvalue weighted by Crippen LogP contribution is -2.09. The van der Waals surface area contributed by atoms with Crippen molar-refractivity contribution >= 4 is 11.0 Å². The van der Waals surface area contributed by atoms with Crippen LogP contribution in [0.25, 0.3) is 11.0 Å². The predicted molar refractivity (Wildman–Crippen MR) is 60.8 cm³/mol. The topological polar surface area (TPSA) is 40.7 Å². The minimum atomic E-state index is -0.251. The van der Waals surface area contributed by atoms with E-state index in [4.69, 9.17) is 0 Å². The van der Waals surface area contributed by atoms with Crippen molar-refractivity contribution in [2.45, 2.75) is 12.8 Å². The molecule has 1 fully saturated rings. The first-order chi connectivity index (χ1) is 7.75. The van der Waals surface area contributed by atoms with E-state index in [9.17, 15) is 4.39 Å². The molecule has 2 aromatic rings. The van der Waals surface area contributed by atoms with E-state index < -0.39 is 0 Å². The summed E-state index contributed by atoms with van der Waals surface area (Å²) in [5, 5.41) is 3.33. The lowest BCUT2D eigenvalue weighted by atomic mass is 9.98. The highest BCUT2D eigenvalue weighted by atomic mass is 19.1. The maximum atomic E-state index is 13.5. The Kier molecular flexibility index (Phi) is 2.17. The molecule has 0 radical (unpaired) electrons. The monoisotopic (exact) mass is 219 g/mol. The van der Waals surface area contributed by atoms with Gasteiger partial charge in [-0.05, 0) is 24.6 Å². The maximum Gasteiger partial charge on any atom is 0.151 e. The fraction of sp³-hybridized carbons (Fsp3) is 0.417. The molecule has 2 N–H and O–H groups in total. The Morgan fingerprint density at radius 3 is 2.94 bits per heavy atom. The second-order valence-electron chi connectivity index (χ2n) is 4.50. The number of para-hydroxylation sites is 1. The first-order valence-corrected chi connectivity index (χ1v) is 5.60. The molecule has 16 heavy (non-hydrogen) atoms. The SMILES string of the molecule is CC1CNCC1c1nc2c(F)cccc2[nH]1. The van der Waals surface area contributed by atoms with Crippen LogP contribution in [-0.2, 0) is 0 Å². The number of aromatic amines is 1. The zero-order valence-corrected chi connectivity index (χ0v) is 9.13. The van der Waals surface area contributed by atoms with Crippen molar-refractivity contribution < 1.29 is 4.39 Å². The molecule has 3 nitrogen and oxygen atoms in total. The van der Waals surface area contributed by atoms with Gasteiger partial charge in [0.15, 0.2) is 5.82 Å². The summed E-state index contributed by atoms with van der Waals surface area (Å²) in [5.41, 5.74) is 1.24. The number of rotatable bonds is 1. The van der Waals surface area contributed by atoms with Crippen molar-refractivity contribution in [2.75, 3.05) is 13.1 Å². The van der Waals surface area contributed by atoms with E-state index in [2.05, 4.69) is 22.2 Å². The predicted octanol–water partition coefficient (Wildman–Crippen LogP) is 2.02.